The van der Waals surface area contributed by atoms with Crippen molar-refractivity contribution in [3.05, 3.63) is 70.8 Å². The molecule has 10 nitrogen and oxygen atoms in total. The molecule has 3 N–H and O–H groups in total. The fourth-order valence-electron chi connectivity index (χ4n) is 2.96. The summed E-state index contributed by atoms with van der Waals surface area (Å²) in [6.45, 7) is 1.99. The van der Waals surface area contributed by atoms with Crippen LogP contribution < -0.4 is 15.0 Å². The summed E-state index contributed by atoms with van der Waals surface area (Å²) in [7, 11) is 0. The van der Waals surface area contributed by atoms with Gasteiger partial charge in [0.05, 0.1) is 11.4 Å². The number of aromatic nitrogens is 1. The number of pyridine rings is 1. The lowest BCUT2D eigenvalue weighted by molar-refractivity contribution is -0.134. The summed E-state index contributed by atoms with van der Waals surface area (Å²) in [5, 5.41) is 17.6. The summed E-state index contributed by atoms with van der Waals surface area (Å²) in [5.41, 5.74) is 1.88. The fourth-order valence-corrected chi connectivity index (χ4v) is 3.64. The molecule has 1 fully saturated rings. The van der Waals surface area contributed by atoms with E-state index in [9.17, 15) is 19.2 Å². The fraction of sp³-hybridized carbons (Fsp3) is 0.136. The molecule has 33 heavy (non-hydrogen) atoms. The quantitative estimate of drug-likeness (QED) is 0.571. The molecular formula is C22H19N3O7S. The van der Waals surface area contributed by atoms with Crippen LogP contribution in [0, 0.1) is 0 Å². The van der Waals surface area contributed by atoms with Gasteiger partial charge in [-0.2, -0.15) is 0 Å². The highest BCUT2D eigenvalue weighted by Gasteiger charge is 2.25. The average Bonchev–Trinajstić information content (AvgIpc) is 2.97. The van der Waals surface area contributed by atoms with Crippen LogP contribution in [0.3, 0.4) is 0 Å². The molecule has 170 valence electrons. The number of anilines is 1. The van der Waals surface area contributed by atoms with Gasteiger partial charge >= 0.3 is 11.9 Å². The van der Waals surface area contributed by atoms with Crippen molar-refractivity contribution in [3.63, 3.8) is 0 Å². The number of fused-ring (bicyclic) bond motifs is 1. The minimum atomic E-state index is -1.26. The van der Waals surface area contributed by atoms with Crippen LogP contribution in [0.25, 0.3) is 6.08 Å². The van der Waals surface area contributed by atoms with Gasteiger partial charge in [0.15, 0.2) is 0 Å². The first-order valence-electron chi connectivity index (χ1n) is 9.62. The Morgan fingerprint density at radius 1 is 1.12 bits per heavy atom. The number of amides is 2. The lowest BCUT2D eigenvalue weighted by Gasteiger charge is -2.20. The number of rotatable bonds is 4. The molecule has 0 spiro atoms. The predicted molar refractivity (Wildman–Crippen MR) is 121 cm³/mol. The maximum atomic E-state index is 11.7. The average molecular weight is 469 g/mol. The maximum absolute atomic E-state index is 11.7. The smallest absolute Gasteiger partial charge is 0.328 e. The van der Waals surface area contributed by atoms with Crippen molar-refractivity contribution in [3.8, 4) is 5.75 Å². The molecule has 0 radical (unpaired) electrons. The van der Waals surface area contributed by atoms with Gasteiger partial charge < -0.3 is 19.8 Å². The standard InChI is InChI=1S/C18H15N3O3S.C4H4O4/c22-17-15(25-18(23)20-17)10-12-4-5-14-13(9-12)11-21(7-8-24-14)16-3-1-2-6-19-16;5-3(6)1-2-4(7)8/h1-6,9-10H,7-8,11H2,(H,20,22,23);1-2H,(H,5,6)(H,7,8)/b15-10-;2-1-. The number of ether oxygens (including phenoxy) is 1. The number of nitrogens with one attached hydrogen (secondary N) is 1. The number of aliphatic carboxylic acids is 2. The zero-order valence-corrected chi connectivity index (χ0v) is 17.9. The summed E-state index contributed by atoms with van der Waals surface area (Å²) in [6.07, 6.45) is 4.61. The molecule has 0 atom stereocenters. The van der Waals surface area contributed by atoms with Crippen LogP contribution in [-0.4, -0.2) is 51.4 Å². The van der Waals surface area contributed by atoms with E-state index in [1.54, 1.807) is 12.3 Å². The molecular weight excluding hydrogens is 450 g/mol. The molecule has 3 heterocycles. The van der Waals surface area contributed by atoms with Gasteiger partial charge in [-0.3, -0.25) is 14.9 Å². The molecule has 2 aromatic rings. The lowest BCUT2D eigenvalue weighted by atomic mass is 10.1. The zero-order valence-electron chi connectivity index (χ0n) is 17.1. The Balaban J connectivity index is 0.000000331. The number of benzene rings is 1. The second-order valence-electron chi connectivity index (χ2n) is 6.69. The Labute approximate surface area is 192 Å². The summed E-state index contributed by atoms with van der Waals surface area (Å²) in [6, 6.07) is 11.6. The lowest BCUT2D eigenvalue weighted by Crippen LogP contribution is -2.25. The van der Waals surface area contributed by atoms with Gasteiger partial charge in [-0.25, -0.2) is 14.6 Å². The third-order valence-corrected chi connectivity index (χ3v) is 5.16. The Kier molecular flexibility index (Phi) is 7.82. The zero-order chi connectivity index (χ0) is 23.8. The van der Waals surface area contributed by atoms with Crippen molar-refractivity contribution >= 4 is 46.7 Å². The number of carboxylic acid groups (broad SMARTS) is 2. The molecule has 0 unspecified atom stereocenters. The third kappa shape index (κ3) is 6.94. The van der Waals surface area contributed by atoms with Gasteiger partial charge in [0.1, 0.15) is 18.2 Å². The minimum Gasteiger partial charge on any atom is -0.491 e. The number of hydrogen-bond donors (Lipinski definition) is 3. The molecule has 0 bridgehead atoms. The first-order valence-corrected chi connectivity index (χ1v) is 10.4. The molecule has 2 aliphatic rings. The number of nitrogens with zero attached hydrogens (tertiary/aromatic N) is 2. The highest BCUT2D eigenvalue weighted by atomic mass is 32.2. The van der Waals surface area contributed by atoms with Crippen molar-refractivity contribution in [2.24, 2.45) is 0 Å². The van der Waals surface area contributed by atoms with E-state index in [2.05, 4.69) is 15.2 Å². The molecule has 2 aliphatic heterocycles. The SMILES string of the molecule is O=C(O)/C=C\C(=O)O.O=C1NC(=O)/C(=C/c2ccc3c(c2)CN(c2ccccn2)CCO3)S1. The van der Waals surface area contributed by atoms with Gasteiger partial charge in [0.25, 0.3) is 11.1 Å². The van der Waals surface area contributed by atoms with E-state index in [0.29, 0.717) is 30.2 Å². The van der Waals surface area contributed by atoms with E-state index < -0.39 is 11.9 Å². The van der Waals surface area contributed by atoms with Crippen molar-refractivity contribution in [1.82, 2.24) is 10.3 Å². The molecule has 2 amide bonds. The van der Waals surface area contributed by atoms with Gasteiger partial charge in [-0.1, -0.05) is 12.1 Å². The van der Waals surface area contributed by atoms with E-state index in [-0.39, 0.29) is 11.1 Å². The highest BCUT2D eigenvalue weighted by Crippen LogP contribution is 2.30. The largest absolute Gasteiger partial charge is 0.491 e. The van der Waals surface area contributed by atoms with Crippen molar-refractivity contribution in [2.45, 2.75) is 6.54 Å². The molecule has 11 heteroatoms. The predicted octanol–water partition coefficient (Wildman–Crippen LogP) is 2.52. The Hall–Kier alpha value is -4.12. The van der Waals surface area contributed by atoms with E-state index in [1.807, 2.05) is 36.4 Å². The topological polar surface area (TPSA) is 146 Å². The number of hydrogen-bond acceptors (Lipinski definition) is 8. The Morgan fingerprint density at radius 2 is 1.88 bits per heavy atom. The van der Waals surface area contributed by atoms with E-state index >= 15 is 0 Å². The summed E-state index contributed by atoms with van der Waals surface area (Å²) in [5.74, 6) is -1.13. The van der Waals surface area contributed by atoms with Crippen LogP contribution in [-0.2, 0) is 20.9 Å². The van der Waals surface area contributed by atoms with Gasteiger partial charge in [0, 0.05) is 30.5 Å². The van der Waals surface area contributed by atoms with Crippen LogP contribution >= 0.6 is 11.8 Å². The monoisotopic (exact) mass is 469 g/mol. The first kappa shape index (κ1) is 23.5. The molecule has 1 aromatic heterocycles. The molecule has 0 aliphatic carbocycles. The van der Waals surface area contributed by atoms with Gasteiger partial charge in [-0.15, -0.1) is 0 Å². The minimum absolute atomic E-state index is 0.337. The molecule has 1 saturated heterocycles. The third-order valence-electron chi connectivity index (χ3n) is 4.35. The van der Waals surface area contributed by atoms with Crippen molar-refractivity contribution in [2.75, 3.05) is 18.1 Å². The van der Waals surface area contributed by atoms with Crippen LogP contribution in [0.4, 0.5) is 10.6 Å². The first-order chi connectivity index (χ1) is 15.8. The molecule has 4 rings (SSSR count). The summed E-state index contributed by atoms with van der Waals surface area (Å²) >= 11 is 0.917. The van der Waals surface area contributed by atoms with Crippen molar-refractivity contribution in [1.29, 1.82) is 0 Å². The highest BCUT2D eigenvalue weighted by molar-refractivity contribution is 8.18. The van der Waals surface area contributed by atoms with Crippen LogP contribution in [0.1, 0.15) is 11.1 Å². The normalized spacial score (nSPS) is 16.4. The van der Waals surface area contributed by atoms with E-state index in [0.717, 1.165) is 41.0 Å². The van der Waals surface area contributed by atoms with Crippen LogP contribution in [0.5, 0.6) is 5.75 Å². The summed E-state index contributed by atoms with van der Waals surface area (Å²) < 4.78 is 5.83. The number of imide groups is 1. The summed E-state index contributed by atoms with van der Waals surface area (Å²) in [4.78, 5) is 49.1. The van der Waals surface area contributed by atoms with Gasteiger partial charge in [-0.05, 0) is 47.7 Å². The van der Waals surface area contributed by atoms with E-state index in [4.69, 9.17) is 14.9 Å². The number of carbonyl (C=O) groups excluding carboxylic acids is 2. The maximum Gasteiger partial charge on any atom is 0.328 e. The Morgan fingerprint density at radius 3 is 2.48 bits per heavy atom. The number of carbonyl (C=O) groups is 4. The number of carboxylic acids is 2. The van der Waals surface area contributed by atoms with Crippen molar-refractivity contribution < 1.29 is 34.1 Å². The molecule has 1 aromatic carbocycles. The van der Waals surface area contributed by atoms with Gasteiger partial charge in [0.2, 0.25) is 0 Å². The van der Waals surface area contributed by atoms with Crippen LogP contribution in [0.15, 0.2) is 59.7 Å². The van der Waals surface area contributed by atoms with Crippen LogP contribution in [0.2, 0.25) is 0 Å². The Bertz CT molecular complexity index is 1120. The second-order valence-corrected chi connectivity index (χ2v) is 7.70. The second kappa shape index (κ2) is 11.0. The van der Waals surface area contributed by atoms with E-state index in [1.165, 1.54) is 0 Å². The number of thioether (sulfide) groups is 1. The molecule has 0 saturated carbocycles.